The summed E-state index contributed by atoms with van der Waals surface area (Å²) in [4.78, 5) is 13.5. The number of carbonyl (C=O) groups is 1. The lowest BCUT2D eigenvalue weighted by Crippen LogP contribution is -2.31. The molecule has 4 nitrogen and oxygen atoms in total. The lowest BCUT2D eigenvalue weighted by atomic mass is 10.2. The zero-order valence-corrected chi connectivity index (χ0v) is 9.03. The molecule has 0 atom stereocenters. The minimum Gasteiger partial charge on any atom is -0.507 e. The van der Waals surface area contributed by atoms with Crippen molar-refractivity contribution in [3.05, 3.63) is 29.8 Å². The molecule has 0 bridgehead atoms. The van der Waals surface area contributed by atoms with E-state index in [0.29, 0.717) is 12.1 Å². The van der Waals surface area contributed by atoms with Gasteiger partial charge in [0.1, 0.15) is 5.75 Å². The first-order valence-corrected chi connectivity index (χ1v) is 4.82. The molecule has 0 unspecified atom stereocenters. The molecule has 2 N–H and O–H groups in total. The lowest BCUT2D eigenvalue weighted by Gasteiger charge is -2.10. The van der Waals surface area contributed by atoms with Crippen molar-refractivity contribution in [1.82, 2.24) is 10.2 Å². The fraction of sp³-hybridized carbons (Fsp3) is 0.364. The summed E-state index contributed by atoms with van der Waals surface area (Å²) < 4.78 is 0. The highest BCUT2D eigenvalue weighted by Gasteiger charge is 2.08. The van der Waals surface area contributed by atoms with E-state index in [0.717, 1.165) is 6.54 Å². The van der Waals surface area contributed by atoms with Crippen LogP contribution >= 0.6 is 0 Å². The van der Waals surface area contributed by atoms with Crippen LogP contribution in [-0.2, 0) is 0 Å². The number of amides is 1. The van der Waals surface area contributed by atoms with Gasteiger partial charge in [-0.3, -0.25) is 4.79 Å². The number of rotatable bonds is 4. The Kier molecular flexibility index (Phi) is 4.12. The topological polar surface area (TPSA) is 52.6 Å². The summed E-state index contributed by atoms with van der Waals surface area (Å²) in [5.41, 5.74) is 0.316. The molecule has 0 radical (unpaired) electrons. The molecule has 15 heavy (non-hydrogen) atoms. The van der Waals surface area contributed by atoms with Crippen LogP contribution in [0.1, 0.15) is 10.4 Å². The first-order valence-electron chi connectivity index (χ1n) is 4.82. The smallest absolute Gasteiger partial charge is 0.255 e. The first kappa shape index (κ1) is 11.5. The third-order valence-electron chi connectivity index (χ3n) is 1.99. The van der Waals surface area contributed by atoms with E-state index in [1.54, 1.807) is 18.2 Å². The second kappa shape index (κ2) is 5.36. The molecule has 0 fully saturated rings. The van der Waals surface area contributed by atoms with E-state index in [1.165, 1.54) is 6.07 Å². The van der Waals surface area contributed by atoms with Crippen LogP contribution in [0.5, 0.6) is 5.75 Å². The summed E-state index contributed by atoms with van der Waals surface area (Å²) in [5, 5.41) is 12.1. The maximum absolute atomic E-state index is 11.6. The number of benzene rings is 1. The Balaban J connectivity index is 2.51. The molecule has 0 saturated carbocycles. The third-order valence-corrected chi connectivity index (χ3v) is 1.99. The number of hydrogen-bond donors (Lipinski definition) is 2. The zero-order valence-electron chi connectivity index (χ0n) is 9.03. The van der Waals surface area contributed by atoms with Crippen LogP contribution < -0.4 is 5.32 Å². The van der Waals surface area contributed by atoms with Gasteiger partial charge in [0.25, 0.3) is 5.91 Å². The van der Waals surface area contributed by atoms with E-state index in [2.05, 4.69) is 5.32 Å². The van der Waals surface area contributed by atoms with Gasteiger partial charge in [-0.05, 0) is 26.2 Å². The number of likely N-dealkylation sites (N-methyl/N-ethyl adjacent to an activating group) is 1. The fourth-order valence-electron chi connectivity index (χ4n) is 1.15. The molecule has 0 spiro atoms. The summed E-state index contributed by atoms with van der Waals surface area (Å²) in [6.07, 6.45) is 0. The molecule has 0 aliphatic rings. The maximum Gasteiger partial charge on any atom is 0.255 e. The van der Waals surface area contributed by atoms with Crippen LogP contribution in [-0.4, -0.2) is 43.1 Å². The van der Waals surface area contributed by atoms with Crippen molar-refractivity contribution in [2.75, 3.05) is 27.2 Å². The van der Waals surface area contributed by atoms with Crippen molar-refractivity contribution in [3.8, 4) is 5.75 Å². The summed E-state index contributed by atoms with van der Waals surface area (Å²) in [6, 6.07) is 6.51. The average molecular weight is 208 g/mol. The van der Waals surface area contributed by atoms with E-state index >= 15 is 0 Å². The molecular formula is C11H16N2O2. The Hall–Kier alpha value is -1.55. The number of aromatic hydroxyl groups is 1. The van der Waals surface area contributed by atoms with E-state index in [-0.39, 0.29) is 11.7 Å². The molecule has 4 heteroatoms. The highest BCUT2D eigenvalue weighted by molar-refractivity contribution is 5.96. The Morgan fingerprint density at radius 1 is 1.40 bits per heavy atom. The molecule has 82 valence electrons. The van der Waals surface area contributed by atoms with Gasteiger partial charge in [-0.2, -0.15) is 0 Å². The molecule has 1 amide bonds. The normalized spacial score (nSPS) is 10.3. The molecule has 0 aliphatic carbocycles. The predicted octanol–water partition coefficient (Wildman–Crippen LogP) is 0.684. The van der Waals surface area contributed by atoms with Gasteiger partial charge in [-0.15, -0.1) is 0 Å². The Morgan fingerprint density at radius 2 is 2.07 bits per heavy atom. The minimum atomic E-state index is -0.241. The van der Waals surface area contributed by atoms with Crippen molar-refractivity contribution < 1.29 is 9.90 Å². The van der Waals surface area contributed by atoms with Crippen molar-refractivity contribution >= 4 is 5.91 Å². The molecule has 1 rings (SSSR count). The standard InChI is InChI=1S/C11H16N2O2/c1-13(2)8-7-12-11(15)9-5-3-4-6-10(9)14/h3-6,14H,7-8H2,1-2H3,(H,12,15). The number of para-hydroxylation sites is 1. The number of phenols is 1. The summed E-state index contributed by atoms with van der Waals surface area (Å²) in [5.74, 6) is -0.227. The van der Waals surface area contributed by atoms with Crippen molar-refractivity contribution in [2.45, 2.75) is 0 Å². The van der Waals surface area contributed by atoms with Gasteiger partial charge >= 0.3 is 0 Å². The summed E-state index contributed by atoms with van der Waals surface area (Å²) in [6.45, 7) is 1.35. The van der Waals surface area contributed by atoms with Gasteiger partial charge in [0, 0.05) is 13.1 Å². The van der Waals surface area contributed by atoms with Crippen LogP contribution in [0.4, 0.5) is 0 Å². The summed E-state index contributed by atoms with van der Waals surface area (Å²) in [7, 11) is 3.87. The Bertz CT molecular complexity index is 337. The first-order chi connectivity index (χ1) is 7.11. The fourth-order valence-corrected chi connectivity index (χ4v) is 1.15. The SMILES string of the molecule is CN(C)CCNC(=O)c1ccccc1O. The highest BCUT2D eigenvalue weighted by atomic mass is 16.3. The molecule has 0 aromatic heterocycles. The van der Waals surface area contributed by atoms with Gasteiger partial charge in [-0.1, -0.05) is 12.1 Å². The summed E-state index contributed by atoms with van der Waals surface area (Å²) >= 11 is 0. The second-order valence-corrected chi connectivity index (χ2v) is 3.58. The van der Waals surface area contributed by atoms with E-state index < -0.39 is 0 Å². The van der Waals surface area contributed by atoms with E-state index in [1.807, 2.05) is 19.0 Å². The van der Waals surface area contributed by atoms with Crippen LogP contribution in [0, 0.1) is 0 Å². The van der Waals surface area contributed by atoms with Crippen molar-refractivity contribution in [2.24, 2.45) is 0 Å². The van der Waals surface area contributed by atoms with Crippen molar-refractivity contribution in [3.63, 3.8) is 0 Å². The van der Waals surface area contributed by atoms with Crippen LogP contribution in [0.2, 0.25) is 0 Å². The molecule has 1 aromatic rings. The number of carbonyl (C=O) groups excluding carboxylic acids is 1. The molecule has 1 aromatic carbocycles. The largest absolute Gasteiger partial charge is 0.507 e. The van der Waals surface area contributed by atoms with Gasteiger partial charge in [0.05, 0.1) is 5.56 Å². The van der Waals surface area contributed by atoms with Crippen LogP contribution in [0.25, 0.3) is 0 Å². The predicted molar refractivity (Wildman–Crippen MR) is 59.0 cm³/mol. The number of nitrogens with one attached hydrogen (secondary N) is 1. The van der Waals surface area contributed by atoms with E-state index in [4.69, 9.17) is 0 Å². The maximum atomic E-state index is 11.6. The quantitative estimate of drug-likeness (QED) is 0.765. The Labute approximate surface area is 89.5 Å². The molecule has 0 saturated heterocycles. The molecular weight excluding hydrogens is 192 g/mol. The second-order valence-electron chi connectivity index (χ2n) is 3.58. The molecule has 0 heterocycles. The monoisotopic (exact) mass is 208 g/mol. The van der Waals surface area contributed by atoms with Crippen LogP contribution in [0.15, 0.2) is 24.3 Å². The number of hydrogen-bond acceptors (Lipinski definition) is 3. The molecule has 0 aliphatic heterocycles. The average Bonchev–Trinajstić information content (AvgIpc) is 2.17. The minimum absolute atomic E-state index is 0.0138. The number of nitrogens with zero attached hydrogens (tertiary/aromatic N) is 1. The third kappa shape index (κ3) is 3.59. The zero-order chi connectivity index (χ0) is 11.3. The van der Waals surface area contributed by atoms with Gasteiger partial charge < -0.3 is 15.3 Å². The van der Waals surface area contributed by atoms with Crippen molar-refractivity contribution in [1.29, 1.82) is 0 Å². The lowest BCUT2D eigenvalue weighted by molar-refractivity contribution is 0.0948. The Morgan fingerprint density at radius 3 is 2.67 bits per heavy atom. The number of phenolic OH excluding ortho intramolecular Hbond substituents is 1. The van der Waals surface area contributed by atoms with Gasteiger partial charge in [0.15, 0.2) is 0 Å². The van der Waals surface area contributed by atoms with Gasteiger partial charge in [-0.25, -0.2) is 0 Å². The van der Waals surface area contributed by atoms with Gasteiger partial charge in [0.2, 0.25) is 0 Å². The van der Waals surface area contributed by atoms with E-state index in [9.17, 15) is 9.90 Å². The highest BCUT2D eigenvalue weighted by Crippen LogP contribution is 2.14. The van der Waals surface area contributed by atoms with Crippen LogP contribution in [0.3, 0.4) is 0 Å².